The van der Waals surface area contributed by atoms with E-state index in [0.717, 1.165) is 38.5 Å². The number of nitrogens with zero attached hydrogens (tertiary/aromatic N) is 4. The summed E-state index contributed by atoms with van der Waals surface area (Å²) in [5.41, 5.74) is 3.74. The van der Waals surface area contributed by atoms with Gasteiger partial charge in [0.15, 0.2) is 0 Å². The molecule has 5 nitrogen and oxygen atoms in total. The molecule has 0 aliphatic carbocycles. The quantitative estimate of drug-likeness (QED) is 0.846. The van der Waals surface area contributed by atoms with Gasteiger partial charge in [0, 0.05) is 39.2 Å². The van der Waals surface area contributed by atoms with Crippen LogP contribution in [0.3, 0.4) is 0 Å². The zero-order chi connectivity index (χ0) is 13.9. The molecular weight excluding hydrogens is 272 g/mol. The highest BCUT2D eigenvalue weighted by atomic mass is 32.1. The molecule has 2 aromatic rings. The van der Waals surface area contributed by atoms with Crippen LogP contribution in [-0.2, 0) is 24.4 Å². The Kier molecular flexibility index (Phi) is 4.14. The number of aromatic nitrogens is 3. The van der Waals surface area contributed by atoms with Gasteiger partial charge in [-0.1, -0.05) is 5.21 Å². The molecule has 1 aliphatic rings. The van der Waals surface area contributed by atoms with E-state index in [0.29, 0.717) is 5.92 Å². The van der Waals surface area contributed by atoms with E-state index in [-0.39, 0.29) is 0 Å². The van der Waals surface area contributed by atoms with E-state index < -0.39 is 0 Å². The first-order valence-corrected chi connectivity index (χ1v) is 7.90. The van der Waals surface area contributed by atoms with Crippen molar-refractivity contribution in [1.29, 1.82) is 0 Å². The highest BCUT2D eigenvalue weighted by Gasteiger charge is 2.30. The van der Waals surface area contributed by atoms with Crippen molar-refractivity contribution in [2.45, 2.75) is 32.5 Å². The molecule has 3 heterocycles. The monoisotopic (exact) mass is 292 g/mol. The number of hydrogen-bond donors (Lipinski definition) is 0. The van der Waals surface area contributed by atoms with Crippen molar-refractivity contribution in [2.24, 2.45) is 0 Å². The van der Waals surface area contributed by atoms with Crippen molar-refractivity contribution in [2.75, 3.05) is 20.3 Å². The predicted octanol–water partition coefficient (Wildman–Crippen LogP) is 2.11. The zero-order valence-electron chi connectivity index (χ0n) is 12.0. The lowest BCUT2D eigenvalue weighted by Gasteiger charge is -2.31. The number of methoxy groups -OCH3 is 1. The van der Waals surface area contributed by atoms with Gasteiger partial charge in [-0.05, 0) is 29.3 Å². The van der Waals surface area contributed by atoms with Crippen molar-refractivity contribution in [3.63, 3.8) is 0 Å². The van der Waals surface area contributed by atoms with Crippen LogP contribution >= 0.6 is 11.3 Å². The van der Waals surface area contributed by atoms with Gasteiger partial charge in [0.05, 0.1) is 12.3 Å². The van der Waals surface area contributed by atoms with Crippen LogP contribution < -0.4 is 0 Å². The maximum atomic E-state index is 5.40. The maximum absolute atomic E-state index is 5.40. The summed E-state index contributed by atoms with van der Waals surface area (Å²) in [5, 5.41) is 13.0. The number of thiophene rings is 1. The first-order chi connectivity index (χ1) is 9.81. The second kappa shape index (κ2) is 6.03. The van der Waals surface area contributed by atoms with Crippen molar-refractivity contribution < 1.29 is 4.74 Å². The van der Waals surface area contributed by atoms with Crippen molar-refractivity contribution in [3.8, 4) is 0 Å². The second-order valence-electron chi connectivity index (χ2n) is 5.19. The average molecular weight is 292 g/mol. The Morgan fingerprint density at radius 3 is 3.10 bits per heavy atom. The lowest BCUT2D eigenvalue weighted by molar-refractivity contribution is 0.131. The molecule has 0 amide bonds. The van der Waals surface area contributed by atoms with Gasteiger partial charge >= 0.3 is 0 Å². The number of aryl methyl sites for hydroxylation is 1. The molecule has 0 saturated heterocycles. The van der Waals surface area contributed by atoms with Crippen molar-refractivity contribution >= 4 is 11.3 Å². The van der Waals surface area contributed by atoms with Crippen LogP contribution in [0.5, 0.6) is 0 Å². The Labute approximate surface area is 123 Å². The molecule has 6 heteroatoms. The van der Waals surface area contributed by atoms with Gasteiger partial charge in [-0.15, -0.1) is 5.10 Å². The molecular formula is C14H20N4OS. The third kappa shape index (κ3) is 2.63. The van der Waals surface area contributed by atoms with E-state index in [1.165, 1.54) is 11.3 Å². The highest BCUT2D eigenvalue weighted by Crippen LogP contribution is 2.28. The van der Waals surface area contributed by atoms with E-state index in [1.54, 1.807) is 18.4 Å². The van der Waals surface area contributed by atoms with E-state index in [9.17, 15) is 0 Å². The summed E-state index contributed by atoms with van der Waals surface area (Å²) < 4.78 is 7.41. The van der Waals surface area contributed by atoms with E-state index >= 15 is 0 Å². The number of fused-ring (bicyclic) bond motifs is 1. The molecule has 0 unspecified atom stereocenters. The molecule has 0 fully saturated rings. The largest absolute Gasteiger partial charge is 0.384 e. The summed E-state index contributed by atoms with van der Waals surface area (Å²) >= 11 is 1.75. The van der Waals surface area contributed by atoms with Gasteiger partial charge in [0.1, 0.15) is 5.69 Å². The van der Waals surface area contributed by atoms with Crippen LogP contribution in [0.2, 0.25) is 0 Å². The zero-order valence-corrected chi connectivity index (χ0v) is 12.8. The van der Waals surface area contributed by atoms with Gasteiger partial charge in [-0.25, -0.2) is 4.68 Å². The van der Waals surface area contributed by atoms with Crippen LogP contribution in [0.1, 0.15) is 29.8 Å². The van der Waals surface area contributed by atoms with Gasteiger partial charge < -0.3 is 4.74 Å². The third-order valence-corrected chi connectivity index (χ3v) is 4.47. The molecule has 0 bridgehead atoms. The topological polar surface area (TPSA) is 43.2 Å². The summed E-state index contributed by atoms with van der Waals surface area (Å²) in [5.74, 6) is 0.359. The first kappa shape index (κ1) is 13.7. The standard InChI is InChI=1S/C14H20N4OS/c1-3-18-14-12(9-19-2)7-17(8-13(14)15-16-18)6-11-4-5-20-10-11/h4-5,10,12H,3,6-9H2,1-2H3/t12-/m0/s1. The lowest BCUT2D eigenvalue weighted by atomic mass is 9.98. The molecule has 0 N–H and O–H groups in total. The average Bonchev–Trinajstić information content (AvgIpc) is 3.08. The molecule has 0 radical (unpaired) electrons. The van der Waals surface area contributed by atoms with Crippen LogP contribution in [0.4, 0.5) is 0 Å². The third-order valence-electron chi connectivity index (χ3n) is 3.74. The van der Waals surface area contributed by atoms with E-state index in [4.69, 9.17) is 4.74 Å². The highest BCUT2D eigenvalue weighted by molar-refractivity contribution is 7.07. The number of hydrogen-bond acceptors (Lipinski definition) is 5. The predicted molar refractivity (Wildman–Crippen MR) is 78.7 cm³/mol. The summed E-state index contributed by atoms with van der Waals surface area (Å²) in [6.45, 7) is 6.56. The van der Waals surface area contributed by atoms with Crippen LogP contribution in [0.25, 0.3) is 0 Å². The normalized spacial score (nSPS) is 19.2. The second-order valence-corrected chi connectivity index (χ2v) is 5.97. The fraction of sp³-hybridized carbons (Fsp3) is 0.571. The molecule has 0 saturated carbocycles. The first-order valence-electron chi connectivity index (χ1n) is 6.96. The Morgan fingerprint density at radius 2 is 2.40 bits per heavy atom. The van der Waals surface area contributed by atoms with E-state index in [2.05, 4.69) is 39.0 Å². The Balaban J connectivity index is 1.81. The fourth-order valence-corrected chi connectivity index (χ4v) is 3.58. The summed E-state index contributed by atoms with van der Waals surface area (Å²) in [7, 11) is 1.76. The summed E-state index contributed by atoms with van der Waals surface area (Å²) in [6.07, 6.45) is 0. The maximum Gasteiger partial charge on any atom is 0.100 e. The Hall–Kier alpha value is -1.24. The smallest absolute Gasteiger partial charge is 0.100 e. The van der Waals surface area contributed by atoms with Crippen LogP contribution in [-0.4, -0.2) is 40.2 Å². The molecule has 1 atom stereocenters. The SMILES string of the molecule is CCn1nnc2c1[C@H](COC)CN(Cc1ccsc1)C2. The van der Waals surface area contributed by atoms with E-state index in [1.807, 2.05) is 4.68 Å². The fourth-order valence-electron chi connectivity index (χ4n) is 2.92. The van der Waals surface area contributed by atoms with Gasteiger partial charge in [0.2, 0.25) is 0 Å². The number of ether oxygens (including phenoxy) is 1. The molecule has 2 aromatic heterocycles. The molecule has 0 spiro atoms. The minimum absolute atomic E-state index is 0.359. The molecule has 108 valence electrons. The summed E-state index contributed by atoms with van der Waals surface area (Å²) in [6, 6.07) is 2.19. The lowest BCUT2D eigenvalue weighted by Crippen LogP contribution is -2.35. The minimum Gasteiger partial charge on any atom is -0.384 e. The van der Waals surface area contributed by atoms with Gasteiger partial charge in [-0.3, -0.25) is 4.90 Å². The van der Waals surface area contributed by atoms with Gasteiger partial charge in [0.25, 0.3) is 0 Å². The van der Waals surface area contributed by atoms with Crippen LogP contribution in [0.15, 0.2) is 16.8 Å². The van der Waals surface area contributed by atoms with Crippen LogP contribution in [0, 0.1) is 0 Å². The molecule has 0 aromatic carbocycles. The van der Waals surface area contributed by atoms with Crippen molar-refractivity contribution in [1.82, 2.24) is 19.9 Å². The Morgan fingerprint density at radius 1 is 1.50 bits per heavy atom. The Bertz CT molecular complexity index is 552. The van der Waals surface area contributed by atoms with Crippen molar-refractivity contribution in [3.05, 3.63) is 33.8 Å². The van der Waals surface area contributed by atoms with Gasteiger partial charge in [-0.2, -0.15) is 11.3 Å². The molecule has 20 heavy (non-hydrogen) atoms. The molecule has 1 aliphatic heterocycles. The number of rotatable bonds is 5. The molecule has 3 rings (SSSR count). The summed E-state index contributed by atoms with van der Waals surface area (Å²) in [4.78, 5) is 2.43. The minimum atomic E-state index is 0.359.